The quantitative estimate of drug-likeness (QED) is 0.173. The lowest BCUT2D eigenvalue weighted by molar-refractivity contribution is -0.144. The van der Waals surface area contributed by atoms with Gasteiger partial charge in [-0.1, -0.05) is 65.2 Å². The van der Waals surface area contributed by atoms with Gasteiger partial charge >= 0.3 is 5.97 Å². The van der Waals surface area contributed by atoms with Crippen LogP contribution in [-0.2, 0) is 14.3 Å². The molecule has 1 atom stereocenters. The third-order valence-electron chi connectivity index (χ3n) is 3.52. The number of rotatable bonds is 11. The number of hydrogen-bond donors (Lipinski definition) is 0. The van der Waals surface area contributed by atoms with Crippen LogP contribution < -0.4 is 0 Å². The topological polar surface area (TPSA) is 59.3 Å². The molecule has 1 unspecified atom stereocenters. The number of esters is 1. The van der Waals surface area contributed by atoms with Gasteiger partial charge in [-0.3, -0.25) is 4.79 Å². The van der Waals surface area contributed by atoms with Crippen molar-refractivity contribution in [2.75, 3.05) is 19.0 Å². The number of carbonyl (C=O) groups excluding carboxylic acids is 1. The normalized spacial score (nSPS) is 14.0. The molecule has 0 spiro atoms. The van der Waals surface area contributed by atoms with Crippen molar-refractivity contribution >= 4 is 45.2 Å². The Morgan fingerprint density at radius 3 is 2.37 bits per heavy atom. The van der Waals surface area contributed by atoms with E-state index in [2.05, 4.69) is 47.3 Å². The minimum absolute atomic E-state index is 0.161. The Hall–Kier alpha value is -0.710. The number of hydrogen-bond acceptors (Lipinski definition) is 7. The third kappa shape index (κ3) is 14.0. The van der Waals surface area contributed by atoms with Gasteiger partial charge in [0.05, 0.1) is 12.3 Å². The molecule has 0 aromatic carbocycles. The van der Waals surface area contributed by atoms with Crippen molar-refractivity contribution in [1.82, 2.24) is 0 Å². The number of thioether (sulfide) groups is 2. The van der Waals surface area contributed by atoms with Crippen molar-refractivity contribution in [2.24, 2.45) is 10.8 Å². The molecular weight excluding hydrogens is 398 g/mol. The molecule has 0 radical (unpaired) electrons. The molecule has 0 rings (SSSR count). The first-order valence-electron chi connectivity index (χ1n) is 8.98. The molecule has 0 aliphatic carbocycles. The van der Waals surface area contributed by atoms with Crippen LogP contribution in [0.2, 0.25) is 0 Å². The van der Waals surface area contributed by atoms with Gasteiger partial charge in [-0.15, -0.1) is 11.8 Å². The zero-order chi connectivity index (χ0) is 21.1. The van der Waals surface area contributed by atoms with E-state index < -0.39 is 4.75 Å². The van der Waals surface area contributed by atoms with Crippen LogP contribution in [0, 0.1) is 22.2 Å². The van der Waals surface area contributed by atoms with Crippen LogP contribution in [0.1, 0.15) is 60.8 Å². The third-order valence-corrected chi connectivity index (χ3v) is 6.80. The summed E-state index contributed by atoms with van der Waals surface area (Å²) >= 11 is 8.48. The smallest absolute Gasteiger partial charge is 0.305 e. The van der Waals surface area contributed by atoms with Gasteiger partial charge in [0, 0.05) is 12.2 Å². The summed E-state index contributed by atoms with van der Waals surface area (Å²) in [4.78, 5) is 11.8. The average Bonchev–Trinajstić information content (AvgIpc) is 2.53. The van der Waals surface area contributed by atoms with Crippen LogP contribution >= 0.6 is 35.7 Å². The lowest BCUT2D eigenvalue weighted by atomic mass is 9.77. The summed E-state index contributed by atoms with van der Waals surface area (Å²) in [5, 5.41) is 9.55. The molecule has 0 amide bonds. The van der Waals surface area contributed by atoms with Gasteiger partial charge in [0.2, 0.25) is 0 Å². The van der Waals surface area contributed by atoms with E-state index in [1.807, 2.05) is 6.92 Å². The summed E-state index contributed by atoms with van der Waals surface area (Å²) < 4.78 is 9.96. The lowest BCUT2D eigenvalue weighted by Crippen LogP contribution is -2.24. The van der Waals surface area contributed by atoms with Crippen molar-refractivity contribution in [1.29, 1.82) is 5.26 Å². The summed E-state index contributed by atoms with van der Waals surface area (Å²) in [6, 6.07) is 2.29. The first kappa shape index (κ1) is 26.3. The van der Waals surface area contributed by atoms with Gasteiger partial charge in [-0.2, -0.15) is 5.26 Å². The summed E-state index contributed by atoms with van der Waals surface area (Å²) in [6.45, 7) is 16.9. The fraction of sp³-hybridized carbons (Fsp3) is 0.750. The minimum Gasteiger partial charge on any atom is -0.498 e. The van der Waals surface area contributed by atoms with E-state index in [1.54, 1.807) is 11.8 Å². The Morgan fingerprint density at radius 1 is 1.22 bits per heavy atom. The molecule has 0 saturated carbocycles. The van der Waals surface area contributed by atoms with E-state index in [0.717, 1.165) is 15.7 Å². The molecule has 0 saturated heterocycles. The Kier molecular flexibility index (Phi) is 11.7. The first-order chi connectivity index (χ1) is 12.3. The summed E-state index contributed by atoms with van der Waals surface area (Å²) in [5.41, 5.74) is 0.422. The maximum absolute atomic E-state index is 11.8. The van der Waals surface area contributed by atoms with Gasteiger partial charge in [-0.05, 0) is 30.6 Å². The highest BCUT2D eigenvalue weighted by Gasteiger charge is 2.30. The second-order valence-electron chi connectivity index (χ2n) is 8.64. The van der Waals surface area contributed by atoms with E-state index in [9.17, 15) is 10.1 Å². The van der Waals surface area contributed by atoms with Crippen LogP contribution in [0.5, 0.6) is 0 Å². The molecule has 0 N–H and O–H groups in total. The van der Waals surface area contributed by atoms with Crippen LogP contribution in [0.25, 0.3) is 0 Å². The van der Waals surface area contributed by atoms with Crippen molar-refractivity contribution in [3.05, 3.63) is 12.8 Å². The van der Waals surface area contributed by atoms with Crippen molar-refractivity contribution < 1.29 is 14.3 Å². The monoisotopic (exact) mass is 431 g/mol. The van der Waals surface area contributed by atoms with Crippen LogP contribution in [0.15, 0.2) is 12.8 Å². The molecule has 0 aromatic rings. The highest BCUT2D eigenvalue weighted by atomic mass is 32.2. The molecule has 27 heavy (non-hydrogen) atoms. The molecule has 0 heterocycles. The van der Waals surface area contributed by atoms with Crippen LogP contribution in [-0.4, -0.2) is 33.2 Å². The predicted molar refractivity (Wildman–Crippen MR) is 121 cm³/mol. The summed E-state index contributed by atoms with van der Waals surface area (Å²) in [5.74, 6) is 0.567. The first-order valence-corrected chi connectivity index (χ1v) is 11.2. The number of thiocarbonyl (C=S) groups is 1. The zero-order valence-electron chi connectivity index (χ0n) is 17.4. The van der Waals surface area contributed by atoms with E-state index in [4.69, 9.17) is 21.7 Å². The number of nitrogens with zero attached hydrogens (tertiary/aromatic N) is 1. The van der Waals surface area contributed by atoms with Crippen molar-refractivity contribution in [2.45, 2.75) is 65.6 Å². The SMILES string of the molecule is C=COCCOC(=O)CCC(C)(C#N)SC(=S)SCC(C)(C)CC(C)(C)C. The zero-order valence-corrected chi connectivity index (χ0v) is 19.9. The van der Waals surface area contributed by atoms with E-state index >= 15 is 0 Å². The Bertz CT molecular complexity index is 550. The minimum atomic E-state index is -0.741. The largest absolute Gasteiger partial charge is 0.498 e. The Labute approximate surface area is 178 Å². The predicted octanol–water partition coefficient (Wildman–Crippen LogP) is 5.97. The van der Waals surface area contributed by atoms with E-state index in [1.165, 1.54) is 18.0 Å². The second-order valence-corrected chi connectivity index (χ2v) is 12.3. The molecule has 0 bridgehead atoms. The van der Waals surface area contributed by atoms with E-state index in [-0.39, 0.29) is 36.4 Å². The maximum Gasteiger partial charge on any atom is 0.305 e. The molecule has 0 aliphatic rings. The highest BCUT2D eigenvalue weighted by molar-refractivity contribution is 8.47. The lowest BCUT2D eigenvalue weighted by Gasteiger charge is -2.32. The molecule has 0 fully saturated rings. The molecule has 4 nitrogen and oxygen atoms in total. The Morgan fingerprint density at radius 2 is 1.85 bits per heavy atom. The summed E-state index contributed by atoms with van der Waals surface area (Å²) in [6.07, 6.45) is 2.96. The van der Waals surface area contributed by atoms with Crippen LogP contribution in [0.4, 0.5) is 0 Å². The average molecular weight is 432 g/mol. The number of ether oxygens (including phenoxy) is 2. The number of nitriles is 1. The van der Waals surface area contributed by atoms with Gasteiger partial charge in [0.1, 0.15) is 21.5 Å². The molecule has 0 aliphatic heterocycles. The second kappa shape index (κ2) is 12.0. The maximum atomic E-state index is 11.8. The Balaban J connectivity index is 4.42. The van der Waals surface area contributed by atoms with Gasteiger partial charge in [0.25, 0.3) is 0 Å². The van der Waals surface area contributed by atoms with Gasteiger partial charge < -0.3 is 9.47 Å². The molecule has 0 aromatic heterocycles. The molecule has 7 heteroatoms. The van der Waals surface area contributed by atoms with E-state index in [0.29, 0.717) is 6.42 Å². The van der Waals surface area contributed by atoms with Crippen molar-refractivity contribution in [3.63, 3.8) is 0 Å². The van der Waals surface area contributed by atoms with Crippen LogP contribution in [0.3, 0.4) is 0 Å². The van der Waals surface area contributed by atoms with Gasteiger partial charge in [-0.25, -0.2) is 0 Å². The van der Waals surface area contributed by atoms with Crippen molar-refractivity contribution in [3.8, 4) is 6.07 Å². The highest BCUT2D eigenvalue weighted by Crippen LogP contribution is 2.39. The number of carbonyl (C=O) groups is 1. The fourth-order valence-corrected chi connectivity index (χ4v) is 5.70. The summed E-state index contributed by atoms with van der Waals surface area (Å²) in [7, 11) is 0. The van der Waals surface area contributed by atoms with Gasteiger partial charge in [0.15, 0.2) is 0 Å². The molecular formula is C20H33NO3S3. The standard InChI is InChI=1S/C20H33NO3S3/c1-8-23-11-12-24-16(22)9-10-20(7,14-21)27-17(25)26-15-19(5,6)13-18(2,3)4/h8H,1,9-13,15H2,2-7H3. The fourth-order valence-electron chi connectivity index (χ4n) is 2.78. The molecule has 154 valence electrons.